The summed E-state index contributed by atoms with van der Waals surface area (Å²) in [5, 5.41) is 8.54. The minimum Gasteiger partial charge on any atom is -0.454 e. The molecule has 2 heterocycles. The van der Waals surface area contributed by atoms with Crippen LogP contribution in [0.4, 0.5) is 0 Å². The van der Waals surface area contributed by atoms with Gasteiger partial charge in [-0.05, 0) is 78.8 Å². The maximum absolute atomic E-state index is 6.31. The van der Waals surface area contributed by atoms with Gasteiger partial charge < -0.3 is 4.42 Å². The fourth-order valence-electron chi connectivity index (χ4n) is 7.34. The van der Waals surface area contributed by atoms with Crippen molar-refractivity contribution in [1.82, 2.24) is 9.97 Å². The Bertz CT molecular complexity index is 2860. The lowest BCUT2D eigenvalue weighted by atomic mass is 9.89. The molecule has 0 aliphatic heterocycles. The third kappa shape index (κ3) is 5.15. The van der Waals surface area contributed by atoms with E-state index in [9.17, 15) is 0 Å². The average Bonchev–Trinajstić information content (AvgIpc) is 3.65. The maximum atomic E-state index is 6.31. The molecular weight excluding hydrogens is 621 g/mol. The molecule has 0 N–H and O–H groups in total. The van der Waals surface area contributed by atoms with E-state index in [1.807, 2.05) is 30.3 Å². The Morgan fingerprint density at radius 2 is 0.941 bits per heavy atom. The van der Waals surface area contributed by atoms with Crippen LogP contribution in [0.2, 0.25) is 0 Å². The van der Waals surface area contributed by atoms with Gasteiger partial charge >= 0.3 is 0 Å². The molecule has 10 aromatic rings. The quantitative estimate of drug-likeness (QED) is 0.137. The van der Waals surface area contributed by atoms with E-state index in [2.05, 4.69) is 152 Å². The second kappa shape index (κ2) is 11.9. The zero-order valence-corrected chi connectivity index (χ0v) is 27.6. The lowest BCUT2D eigenvalue weighted by Gasteiger charge is -2.14. The Balaban J connectivity index is 1.11. The van der Waals surface area contributed by atoms with Crippen LogP contribution in [0.25, 0.3) is 99.6 Å². The number of para-hydroxylation sites is 1. The van der Waals surface area contributed by atoms with Gasteiger partial charge in [-0.3, -0.25) is 0 Å². The van der Waals surface area contributed by atoms with Gasteiger partial charge in [0.15, 0.2) is 11.6 Å². The monoisotopic (exact) mass is 650 g/mol. The molecule has 0 atom stereocenters. The number of hydrogen-bond acceptors (Lipinski definition) is 3. The fourth-order valence-corrected chi connectivity index (χ4v) is 7.34. The molecule has 0 aliphatic carbocycles. The van der Waals surface area contributed by atoms with E-state index in [-0.39, 0.29) is 0 Å². The van der Waals surface area contributed by atoms with Crippen LogP contribution in [-0.2, 0) is 0 Å². The van der Waals surface area contributed by atoms with Crippen molar-refractivity contribution in [3.63, 3.8) is 0 Å². The Morgan fingerprint density at radius 3 is 1.75 bits per heavy atom. The van der Waals surface area contributed by atoms with Crippen molar-refractivity contribution in [2.24, 2.45) is 0 Å². The number of hydrogen-bond donors (Lipinski definition) is 0. The Morgan fingerprint density at radius 1 is 0.333 bits per heavy atom. The van der Waals surface area contributed by atoms with Crippen LogP contribution in [0.3, 0.4) is 0 Å². The van der Waals surface area contributed by atoms with E-state index < -0.39 is 0 Å². The van der Waals surface area contributed by atoms with Gasteiger partial charge in [-0.15, -0.1) is 0 Å². The van der Waals surface area contributed by atoms with Crippen LogP contribution in [0.5, 0.6) is 0 Å². The first-order chi connectivity index (χ1) is 25.2. The predicted molar refractivity (Wildman–Crippen MR) is 212 cm³/mol. The average molecular weight is 651 g/mol. The summed E-state index contributed by atoms with van der Waals surface area (Å²) in [6.07, 6.45) is 0. The summed E-state index contributed by atoms with van der Waals surface area (Å²) in [4.78, 5) is 10.2. The predicted octanol–water partition coefficient (Wildman–Crippen LogP) is 13.0. The summed E-state index contributed by atoms with van der Waals surface area (Å²) in [6.45, 7) is 0. The molecular formula is C48H30N2O. The molecule has 0 amide bonds. The van der Waals surface area contributed by atoms with E-state index in [1.165, 1.54) is 49.0 Å². The van der Waals surface area contributed by atoms with Crippen LogP contribution < -0.4 is 0 Å². The van der Waals surface area contributed by atoms with Crippen LogP contribution >= 0.6 is 0 Å². The Kier molecular flexibility index (Phi) is 6.81. The van der Waals surface area contributed by atoms with E-state index in [0.717, 1.165) is 39.0 Å². The molecule has 0 bridgehead atoms. The van der Waals surface area contributed by atoms with Gasteiger partial charge in [-0.1, -0.05) is 158 Å². The van der Waals surface area contributed by atoms with Crippen LogP contribution in [-0.4, -0.2) is 9.97 Å². The summed E-state index contributed by atoms with van der Waals surface area (Å²) in [6, 6.07) is 64.0. The van der Waals surface area contributed by atoms with Crippen molar-refractivity contribution in [1.29, 1.82) is 0 Å². The summed E-state index contributed by atoms with van der Waals surface area (Å²) >= 11 is 0. The molecule has 0 fully saturated rings. The van der Waals surface area contributed by atoms with E-state index in [4.69, 9.17) is 14.4 Å². The molecule has 0 radical (unpaired) electrons. The zero-order valence-electron chi connectivity index (χ0n) is 27.6. The highest BCUT2D eigenvalue weighted by atomic mass is 16.3. The molecule has 238 valence electrons. The van der Waals surface area contributed by atoms with Gasteiger partial charge in [0, 0.05) is 16.5 Å². The van der Waals surface area contributed by atoms with Gasteiger partial charge in [0.25, 0.3) is 0 Å². The minimum absolute atomic E-state index is 0.651. The van der Waals surface area contributed by atoms with Crippen molar-refractivity contribution in [3.8, 4) is 56.4 Å². The first kappa shape index (κ1) is 29.1. The number of fused-ring (bicyclic) bond motifs is 5. The standard InChI is InChI=1S/C48H30N2O/c1-2-10-31(11-3-1)32-18-24-36(25-19-32)48-49-43(30-44(50-48)46-29-38-14-6-9-17-45(38)51-46)34-20-22-35(23-21-34)47-40-16-8-5-13-37(40)28-42-39-15-7-4-12-33(39)26-27-41(42)47/h1-30H. The first-order valence-electron chi connectivity index (χ1n) is 17.2. The van der Waals surface area contributed by atoms with Crippen molar-refractivity contribution in [3.05, 3.63) is 182 Å². The smallest absolute Gasteiger partial charge is 0.160 e. The fraction of sp³-hybridized carbons (Fsp3) is 0. The molecule has 0 spiro atoms. The van der Waals surface area contributed by atoms with Gasteiger partial charge in [0.2, 0.25) is 0 Å². The van der Waals surface area contributed by atoms with Crippen molar-refractivity contribution < 1.29 is 4.42 Å². The first-order valence-corrected chi connectivity index (χ1v) is 17.2. The van der Waals surface area contributed by atoms with Crippen molar-refractivity contribution in [2.75, 3.05) is 0 Å². The number of furan rings is 1. The third-order valence-electron chi connectivity index (χ3n) is 9.89. The van der Waals surface area contributed by atoms with Gasteiger partial charge in [0.05, 0.1) is 5.69 Å². The summed E-state index contributed by atoms with van der Waals surface area (Å²) < 4.78 is 6.31. The summed E-state index contributed by atoms with van der Waals surface area (Å²) in [7, 11) is 0. The minimum atomic E-state index is 0.651. The van der Waals surface area contributed by atoms with Crippen LogP contribution in [0, 0.1) is 0 Å². The number of aromatic nitrogens is 2. The molecule has 0 aliphatic rings. The highest BCUT2D eigenvalue weighted by Crippen LogP contribution is 2.40. The molecule has 8 aromatic carbocycles. The van der Waals surface area contributed by atoms with Crippen molar-refractivity contribution in [2.45, 2.75) is 0 Å². The van der Waals surface area contributed by atoms with Crippen LogP contribution in [0.15, 0.2) is 186 Å². The number of nitrogens with zero attached hydrogens (tertiary/aromatic N) is 2. The normalized spacial score (nSPS) is 11.5. The van der Waals surface area contributed by atoms with Gasteiger partial charge in [-0.2, -0.15) is 0 Å². The second-order valence-corrected chi connectivity index (χ2v) is 13.0. The summed E-state index contributed by atoms with van der Waals surface area (Å²) in [5.74, 6) is 1.37. The third-order valence-corrected chi connectivity index (χ3v) is 9.89. The molecule has 0 saturated heterocycles. The van der Waals surface area contributed by atoms with Crippen molar-refractivity contribution >= 4 is 43.3 Å². The van der Waals surface area contributed by atoms with E-state index in [0.29, 0.717) is 11.6 Å². The lowest BCUT2D eigenvalue weighted by Crippen LogP contribution is -1.95. The molecule has 3 heteroatoms. The highest BCUT2D eigenvalue weighted by Gasteiger charge is 2.16. The molecule has 10 rings (SSSR count). The molecule has 51 heavy (non-hydrogen) atoms. The zero-order chi connectivity index (χ0) is 33.7. The van der Waals surface area contributed by atoms with Gasteiger partial charge in [-0.25, -0.2) is 9.97 Å². The molecule has 3 nitrogen and oxygen atoms in total. The lowest BCUT2D eigenvalue weighted by molar-refractivity contribution is 0.628. The van der Waals surface area contributed by atoms with Gasteiger partial charge in [0.1, 0.15) is 11.3 Å². The Hall–Kier alpha value is -6.84. The highest BCUT2D eigenvalue weighted by molar-refractivity contribution is 6.20. The van der Waals surface area contributed by atoms with E-state index >= 15 is 0 Å². The number of benzene rings is 8. The largest absolute Gasteiger partial charge is 0.454 e. The maximum Gasteiger partial charge on any atom is 0.160 e. The second-order valence-electron chi connectivity index (χ2n) is 13.0. The molecule has 0 saturated carbocycles. The SMILES string of the molecule is c1ccc(-c2ccc(-c3nc(-c4ccc(-c5c6ccccc6cc6c5ccc5ccccc56)cc4)cc(-c4cc5ccccc5o4)n3)cc2)cc1. The summed E-state index contributed by atoms with van der Waals surface area (Å²) in [5.41, 5.74) is 9.10. The number of rotatable bonds is 5. The molecule has 0 unspecified atom stereocenters. The van der Waals surface area contributed by atoms with E-state index in [1.54, 1.807) is 0 Å². The Labute approximate surface area is 295 Å². The topological polar surface area (TPSA) is 38.9 Å². The van der Waals surface area contributed by atoms with Crippen LogP contribution in [0.1, 0.15) is 0 Å². The molecule has 2 aromatic heterocycles.